The Hall–Kier alpha value is 0.500. The van der Waals surface area contributed by atoms with Crippen LogP contribution in [-0.4, -0.2) is 18.3 Å². The van der Waals surface area contributed by atoms with E-state index in [-0.39, 0.29) is 0 Å². The number of nitrogens with zero attached hydrogens (tertiary/aromatic N) is 1. The van der Waals surface area contributed by atoms with E-state index in [1.165, 1.54) is 57.8 Å². The summed E-state index contributed by atoms with van der Waals surface area (Å²) in [6, 6.07) is 0.582. The van der Waals surface area contributed by atoms with Crippen LogP contribution >= 0.6 is 0 Å². The van der Waals surface area contributed by atoms with Crippen molar-refractivity contribution in [3.05, 3.63) is 12.8 Å². The molecule has 2 aliphatic rings. The Kier molecular flexibility index (Phi) is 22.0. The first kappa shape index (κ1) is 24.7. The van der Waals surface area contributed by atoms with E-state index in [9.17, 15) is 0 Å². The monoisotopic (exact) mass is 390 g/mol. The molecule has 0 bridgehead atoms. The second kappa shape index (κ2) is 19.5. The number of hydrogen-bond acceptors (Lipinski definition) is 2. The van der Waals surface area contributed by atoms with Crippen molar-refractivity contribution < 1.29 is 26.0 Å². The third-order valence-corrected chi connectivity index (χ3v) is 5.21. The number of rotatable bonds is 2. The maximum absolute atomic E-state index is 7.00. The van der Waals surface area contributed by atoms with Gasteiger partial charge in [0.15, 0.2) is 0 Å². The summed E-state index contributed by atoms with van der Waals surface area (Å²) in [7, 11) is 1.00. The topological polar surface area (TPSA) is 32.6 Å². The predicted molar refractivity (Wildman–Crippen MR) is 94.2 cm³/mol. The zero-order chi connectivity index (χ0) is 17.2. The van der Waals surface area contributed by atoms with Crippen LogP contribution in [0.15, 0.2) is 3.34 Å². The van der Waals surface area contributed by atoms with Gasteiger partial charge >= 0.3 is 50.5 Å². The summed E-state index contributed by atoms with van der Waals surface area (Å²) in [6.07, 6.45) is 17.2. The van der Waals surface area contributed by atoms with Gasteiger partial charge in [0, 0.05) is 7.11 Å². The molecule has 0 spiro atoms. The standard InChI is InChI=1S/2C7H13.C4H9N.CH4O.Nb/c2*1-7-5-3-2-4-6-7;1-3-4(2)5;1-2;/h2*2,7H,3-6H2,1H3;4H,3H2,1-2H3;2H,1H3;/q2*-1;;;. The van der Waals surface area contributed by atoms with E-state index in [2.05, 4.69) is 43.9 Å². The van der Waals surface area contributed by atoms with E-state index in [0.717, 1.165) is 18.9 Å². The zero-order valence-corrected chi connectivity index (χ0v) is 17.8. The van der Waals surface area contributed by atoms with Crippen LogP contribution in [0.3, 0.4) is 0 Å². The Morgan fingerprint density at radius 3 is 1.36 bits per heavy atom. The molecule has 0 aromatic carbocycles. The SMILES string of the molecule is CC1CC[CH-]CC1.CC1CC[CH-]CC1.CCC(C)[N]=[Nb].CO. The molecule has 0 aliphatic heterocycles. The fourth-order valence-electron chi connectivity index (χ4n) is 2.27. The van der Waals surface area contributed by atoms with Crippen LogP contribution in [0.5, 0.6) is 0 Å². The number of aliphatic hydroxyl groups excluding tert-OH is 1. The Morgan fingerprint density at radius 2 is 1.27 bits per heavy atom. The van der Waals surface area contributed by atoms with Crippen LogP contribution in [0.25, 0.3) is 0 Å². The smallest absolute Gasteiger partial charge is 0.0319 e. The first-order chi connectivity index (χ1) is 10.6. The minimum Gasteiger partial charge on any atom is -0.400 e. The molecule has 0 heterocycles. The average Bonchev–Trinajstić information content (AvgIpc) is 2.58. The van der Waals surface area contributed by atoms with Gasteiger partial charge in [-0.25, -0.2) is 0 Å². The van der Waals surface area contributed by atoms with Gasteiger partial charge in [0.1, 0.15) is 0 Å². The summed E-state index contributed by atoms with van der Waals surface area (Å²) < 4.78 is 4.06. The quantitative estimate of drug-likeness (QED) is 0.460. The van der Waals surface area contributed by atoms with Gasteiger partial charge < -0.3 is 17.9 Å². The molecular weight excluding hydrogens is 351 g/mol. The van der Waals surface area contributed by atoms with Gasteiger partial charge in [0.25, 0.3) is 0 Å². The Morgan fingerprint density at radius 1 is 0.955 bits per heavy atom. The van der Waals surface area contributed by atoms with Gasteiger partial charge in [0.2, 0.25) is 0 Å². The van der Waals surface area contributed by atoms with Crippen LogP contribution < -0.4 is 0 Å². The van der Waals surface area contributed by atoms with E-state index in [0.29, 0.717) is 6.04 Å². The predicted octanol–water partition coefficient (Wildman–Crippen LogP) is 5.93. The molecule has 3 heteroatoms. The van der Waals surface area contributed by atoms with Crippen LogP contribution in [0, 0.1) is 24.7 Å². The number of hydrogen-bond donors (Lipinski definition) is 1. The molecule has 1 N–H and O–H groups in total. The molecule has 0 radical (unpaired) electrons. The van der Waals surface area contributed by atoms with Crippen molar-refractivity contribution in [1.82, 2.24) is 0 Å². The molecular formula is C19H39NNbO-2. The van der Waals surface area contributed by atoms with Crippen LogP contribution in [0.2, 0.25) is 0 Å². The van der Waals surface area contributed by atoms with Crippen LogP contribution in [0.1, 0.15) is 85.5 Å². The molecule has 22 heavy (non-hydrogen) atoms. The summed E-state index contributed by atoms with van der Waals surface area (Å²) >= 11 is 1.55. The molecule has 1 atom stereocenters. The molecule has 2 nitrogen and oxygen atoms in total. The molecule has 1 unspecified atom stereocenters. The van der Waals surface area contributed by atoms with Crippen molar-refractivity contribution in [2.75, 3.05) is 7.11 Å². The van der Waals surface area contributed by atoms with Crippen molar-refractivity contribution in [3.8, 4) is 0 Å². The molecule has 133 valence electrons. The van der Waals surface area contributed by atoms with Gasteiger partial charge in [-0.1, -0.05) is 39.5 Å². The van der Waals surface area contributed by atoms with Crippen molar-refractivity contribution in [1.29, 1.82) is 0 Å². The van der Waals surface area contributed by atoms with Gasteiger partial charge in [-0.3, -0.25) is 0 Å². The number of aliphatic hydroxyl groups is 1. The molecule has 0 amide bonds. The second-order valence-corrected chi connectivity index (χ2v) is 7.04. The molecule has 0 aromatic rings. The van der Waals surface area contributed by atoms with E-state index < -0.39 is 0 Å². The van der Waals surface area contributed by atoms with E-state index in [1.54, 1.807) is 20.9 Å². The third-order valence-electron chi connectivity index (χ3n) is 4.24. The van der Waals surface area contributed by atoms with Crippen molar-refractivity contribution >= 4 is 0 Å². The van der Waals surface area contributed by atoms with E-state index in [1.807, 2.05) is 0 Å². The summed E-state index contributed by atoms with van der Waals surface area (Å²) in [6.45, 7) is 8.95. The Bertz CT molecular complexity index is 195. The zero-order valence-electron chi connectivity index (χ0n) is 15.6. The normalized spacial score (nSPS) is 20.0. The van der Waals surface area contributed by atoms with E-state index in [4.69, 9.17) is 5.11 Å². The summed E-state index contributed by atoms with van der Waals surface area (Å²) in [5, 5.41) is 7.00. The molecule has 0 saturated heterocycles. The first-order valence-corrected chi connectivity index (χ1v) is 10.0. The van der Waals surface area contributed by atoms with Crippen molar-refractivity contribution in [2.45, 2.75) is 91.5 Å². The van der Waals surface area contributed by atoms with Crippen LogP contribution in [0.4, 0.5) is 0 Å². The fraction of sp³-hybridized carbons (Fsp3) is 0.895. The Labute approximate surface area is 152 Å². The third kappa shape index (κ3) is 18.5. The Balaban J connectivity index is 0. The van der Waals surface area contributed by atoms with Gasteiger partial charge in [-0.15, -0.1) is 0 Å². The van der Waals surface area contributed by atoms with Crippen molar-refractivity contribution in [2.24, 2.45) is 15.2 Å². The molecule has 2 fully saturated rings. The van der Waals surface area contributed by atoms with Gasteiger partial charge in [-0.2, -0.15) is 25.7 Å². The molecule has 2 aliphatic carbocycles. The fourth-order valence-corrected chi connectivity index (χ4v) is 2.67. The second-order valence-electron chi connectivity index (χ2n) is 6.47. The van der Waals surface area contributed by atoms with Crippen molar-refractivity contribution in [3.63, 3.8) is 0 Å². The molecule has 0 aromatic heterocycles. The van der Waals surface area contributed by atoms with Gasteiger partial charge in [0.05, 0.1) is 0 Å². The summed E-state index contributed by atoms with van der Waals surface area (Å²) in [5.41, 5.74) is 0. The molecule has 2 rings (SSSR count). The first-order valence-electron chi connectivity index (χ1n) is 9.02. The maximum atomic E-state index is 7.00. The molecule has 2 saturated carbocycles. The largest absolute Gasteiger partial charge is 0.400 e. The van der Waals surface area contributed by atoms with Crippen LogP contribution in [-0.2, 0) is 20.9 Å². The maximum Gasteiger partial charge on any atom is 0.0319 e. The van der Waals surface area contributed by atoms with Gasteiger partial charge in [-0.05, 0) is 11.8 Å². The summed E-state index contributed by atoms with van der Waals surface area (Å²) in [4.78, 5) is 0. The minimum atomic E-state index is 0.582. The summed E-state index contributed by atoms with van der Waals surface area (Å²) in [5.74, 6) is 2.01. The minimum absolute atomic E-state index is 0.582. The average molecular weight is 390 g/mol. The van der Waals surface area contributed by atoms with E-state index >= 15 is 0 Å².